The molecule has 7 rings (SSSR count). The Bertz CT molecular complexity index is 2430. The molecule has 0 aliphatic heterocycles. The van der Waals surface area contributed by atoms with Crippen LogP contribution in [0.5, 0.6) is 0 Å². The smallest absolute Gasteiger partial charge is 0.779 e. The number of hydrogen-bond acceptors (Lipinski definition) is 10. The quantitative estimate of drug-likeness (QED) is 0.0261. The van der Waals surface area contributed by atoms with Crippen LogP contribution in [-0.2, 0) is 73.8 Å². The Hall–Kier alpha value is -5.87. The predicted molar refractivity (Wildman–Crippen MR) is 270 cm³/mol. The Labute approximate surface area is 425 Å². The van der Waals surface area contributed by atoms with Crippen molar-refractivity contribution in [1.29, 1.82) is 0 Å². The molecule has 0 unspecified atom stereocenters. The summed E-state index contributed by atoms with van der Waals surface area (Å²) in [6, 6.07) is 54.2. The fraction of sp³-hybridized carbons (Fsp3) is 0.0784. The van der Waals surface area contributed by atoms with E-state index < -0.39 is 11.9 Å². The van der Waals surface area contributed by atoms with Gasteiger partial charge in [0.25, 0.3) is 11.9 Å². The molecule has 0 amide bonds. The summed E-state index contributed by atoms with van der Waals surface area (Å²) < 4.78 is 0. The minimum atomic E-state index is -0.833. The number of thiol groups is 1. The molecule has 6 N–H and O–H groups in total. The Kier molecular flexibility index (Phi) is 31.7. The molecule has 65 heavy (non-hydrogen) atoms. The van der Waals surface area contributed by atoms with Crippen LogP contribution in [0.15, 0.2) is 195 Å². The molecule has 0 spiro atoms. The number of carbonyl (C=O) groups is 3. The minimum absolute atomic E-state index is 0. The minimum Gasteiger partial charge on any atom is -0.779 e. The van der Waals surface area contributed by atoms with Gasteiger partial charge in [0.2, 0.25) is 0 Å². The second-order valence-corrected chi connectivity index (χ2v) is 13.9. The third-order valence-corrected chi connectivity index (χ3v) is 9.05. The monoisotopic (exact) mass is 1020 g/mol. The molecule has 0 bridgehead atoms. The van der Waals surface area contributed by atoms with Gasteiger partial charge in [-0.15, -0.1) is 12.6 Å². The van der Waals surface area contributed by atoms with Gasteiger partial charge in [-0.3, -0.25) is 24.4 Å². The van der Waals surface area contributed by atoms with Crippen molar-refractivity contribution in [3.8, 4) is 22.3 Å². The van der Waals surface area contributed by atoms with Gasteiger partial charge >= 0.3 is 19.5 Å². The average molecular weight is 1030 g/mol. The molecular weight excluding hydrogens is 976 g/mol. The van der Waals surface area contributed by atoms with E-state index in [0.717, 1.165) is 91.0 Å². The first kappa shape index (κ1) is 61.2. The van der Waals surface area contributed by atoms with Crippen LogP contribution < -0.4 is 11.5 Å². The summed E-state index contributed by atoms with van der Waals surface area (Å²) in [5.74, 6) is -1.67. The number of carboxylic acid groups (broad SMARTS) is 2. The summed E-state index contributed by atoms with van der Waals surface area (Å²) in [7, 11) is 0. The zero-order chi connectivity index (χ0) is 44.6. The van der Waals surface area contributed by atoms with Gasteiger partial charge in [0.15, 0.2) is 6.29 Å². The number of rotatable bonds is 7. The molecule has 0 aliphatic rings. The maximum atomic E-state index is 10.2. The topological polar surface area (TPSA) is 168 Å². The van der Waals surface area contributed by atoms with Crippen LogP contribution >= 0.6 is 12.6 Å². The fourth-order valence-electron chi connectivity index (χ4n) is 5.15. The van der Waals surface area contributed by atoms with Gasteiger partial charge in [0.1, 0.15) is 0 Å². The number of benzene rings is 7. The maximum Gasteiger partial charge on any atom is 2.00 e. The standard InChI is InChI=1S/C26H20N2S2.C12H12N2.C7H6OS.2C2H4O2.2CH4.2Zn/c29-25-15-7-1-9-19(25)17-27-23-13-5-3-11-21(23)22-12-4-6-14-24(22)28-18-20-10-2-8-16-26(20)30;13-11-7-3-1-5-9(11)10-6-2-4-8-12(10)14;8-5-6-3-1-2-4-7(6)9;2*1-2(3)4;;;;/h1-18,29-30H;1-8H,13-14H2;1-5,9H;2*1H3,(H,3,4);2*1H4;;/q;;;;;;;;+2/p-2. The molecule has 14 heteroatoms. The maximum absolute atomic E-state index is 10.2. The van der Waals surface area contributed by atoms with Gasteiger partial charge in [-0.2, -0.15) is 9.79 Å². The van der Waals surface area contributed by atoms with E-state index in [4.69, 9.17) is 66.5 Å². The predicted octanol–water partition coefficient (Wildman–Crippen LogP) is 12.4. The molecule has 0 aliphatic carbocycles. The molecular formula is C51H52N4O5S3Zn2. The van der Waals surface area contributed by atoms with Crippen molar-refractivity contribution in [3.63, 3.8) is 0 Å². The first-order valence-electron chi connectivity index (χ1n) is 18.4. The number of carboxylic acids is 2. The Balaban J connectivity index is 0. The van der Waals surface area contributed by atoms with Gasteiger partial charge in [-0.05, 0) is 41.5 Å². The first-order valence-corrected chi connectivity index (χ1v) is 19.7. The largest absolute Gasteiger partial charge is 2.00 e. The number of nitrogens with zero attached hydrogens (tertiary/aromatic N) is 2. The van der Waals surface area contributed by atoms with Crippen LogP contribution in [0.3, 0.4) is 0 Å². The van der Waals surface area contributed by atoms with Crippen LogP contribution in [0.1, 0.15) is 50.2 Å². The van der Waals surface area contributed by atoms with Gasteiger partial charge in [0, 0.05) is 89.8 Å². The van der Waals surface area contributed by atoms with Crippen LogP contribution in [0.2, 0.25) is 0 Å². The van der Waals surface area contributed by atoms with Crippen LogP contribution in [0.25, 0.3) is 22.3 Å². The molecule has 0 heterocycles. The van der Waals surface area contributed by atoms with Crippen LogP contribution in [0, 0.1) is 0 Å². The van der Waals surface area contributed by atoms with Crippen molar-refractivity contribution in [1.82, 2.24) is 0 Å². The number of para-hydroxylation sites is 4. The van der Waals surface area contributed by atoms with Crippen molar-refractivity contribution >= 4 is 91.3 Å². The molecule has 0 radical (unpaired) electrons. The van der Waals surface area contributed by atoms with Crippen LogP contribution in [0.4, 0.5) is 22.7 Å². The Morgan fingerprint density at radius 3 is 1.09 bits per heavy atom. The van der Waals surface area contributed by atoms with E-state index in [9.17, 15) is 4.79 Å². The molecule has 0 saturated carbocycles. The Morgan fingerprint density at radius 2 is 0.785 bits per heavy atom. The molecule has 0 aromatic heterocycles. The van der Waals surface area contributed by atoms with E-state index >= 15 is 0 Å². The van der Waals surface area contributed by atoms with E-state index in [1.807, 2.05) is 158 Å². The summed E-state index contributed by atoms with van der Waals surface area (Å²) in [5, 5.41) is 14.8. The zero-order valence-electron chi connectivity index (χ0n) is 34.7. The van der Waals surface area contributed by atoms with Gasteiger partial charge in [-0.1, -0.05) is 154 Å². The number of nitrogens with two attached hydrogens (primary N) is 2. The summed E-state index contributed by atoms with van der Waals surface area (Å²) in [6.07, 6.45) is 4.43. The summed E-state index contributed by atoms with van der Waals surface area (Å²) in [4.78, 5) is 39.9. The summed E-state index contributed by atoms with van der Waals surface area (Å²) in [5.41, 5.74) is 21.5. The molecule has 7 aromatic carbocycles. The van der Waals surface area contributed by atoms with Gasteiger partial charge < -0.3 is 46.9 Å². The number of aliphatic imine (C=N–C) groups is 2. The van der Waals surface area contributed by atoms with Crippen molar-refractivity contribution < 1.29 is 63.6 Å². The average Bonchev–Trinajstić information content (AvgIpc) is 3.24. The number of aliphatic carboxylic acids is 2. The summed E-state index contributed by atoms with van der Waals surface area (Å²) in [6.45, 7) is 2.17. The molecule has 0 atom stereocenters. The third-order valence-electron chi connectivity index (χ3n) is 7.90. The number of hydrogen-bond donors (Lipinski definition) is 5. The van der Waals surface area contributed by atoms with Gasteiger partial charge in [0.05, 0.1) is 11.4 Å². The van der Waals surface area contributed by atoms with Gasteiger partial charge in [-0.25, -0.2) is 0 Å². The molecule has 9 nitrogen and oxygen atoms in total. The third kappa shape index (κ3) is 22.1. The van der Waals surface area contributed by atoms with Crippen molar-refractivity contribution in [3.05, 3.63) is 187 Å². The fourth-order valence-corrected chi connectivity index (χ4v) is 5.76. The normalized spacial score (nSPS) is 9.40. The van der Waals surface area contributed by atoms with E-state index in [2.05, 4.69) is 24.8 Å². The number of anilines is 2. The van der Waals surface area contributed by atoms with Crippen molar-refractivity contribution in [2.45, 2.75) is 43.4 Å². The number of carbonyl (C=O) groups excluding carboxylic acids is 1. The second-order valence-electron chi connectivity index (χ2n) is 12.5. The molecule has 328 valence electrons. The SMILES string of the molecule is C.C.CC(=O)O.CC(=O)O.Nc1ccccc1-c1ccccc1N.O=Cc1ccccc1S.[S-]c1ccccc1C=Nc1ccccc1-c1ccccc1N=Cc1ccccc1[S-].[Zn+2].[Zn]. The molecule has 0 fully saturated rings. The number of nitrogen functional groups attached to an aromatic ring is 2. The first-order chi connectivity index (χ1) is 29.3. The van der Waals surface area contributed by atoms with Crippen molar-refractivity contribution in [2.75, 3.05) is 11.5 Å². The zero-order valence-corrected chi connectivity index (χ0v) is 43.2. The summed E-state index contributed by atoms with van der Waals surface area (Å²) >= 11 is 14.8. The van der Waals surface area contributed by atoms with E-state index in [0.29, 0.717) is 5.56 Å². The molecule has 7 aromatic rings. The van der Waals surface area contributed by atoms with E-state index in [-0.39, 0.29) is 53.8 Å². The number of aldehydes is 1. The molecule has 0 saturated heterocycles. The van der Waals surface area contributed by atoms with E-state index in [1.165, 1.54) is 0 Å². The Morgan fingerprint density at radius 1 is 0.508 bits per heavy atom. The van der Waals surface area contributed by atoms with E-state index in [1.54, 1.807) is 12.1 Å². The van der Waals surface area contributed by atoms with Crippen molar-refractivity contribution in [2.24, 2.45) is 9.98 Å². The second kappa shape index (κ2) is 33.6. The van der Waals surface area contributed by atoms with Crippen LogP contribution in [-0.4, -0.2) is 40.9 Å².